The number of carbonyl (C=O) groups is 1. The normalized spacial score (nSPS) is 21.1. The molecule has 1 aromatic heterocycles. The Morgan fingerprint density at radius 3 is 2.80 bits per heavy atom. The molecule has 1 fully saturated rings. The van der Waals surface area contributed by atoms with Crippen LogP contribution in [0.15, 0.2) is 47.6 Å². The van der Waals surface area contributed by atoms with E-state index in [2.05, 4.69) is 10.5 Å². The van der Waals surface area contributed by atoms with Gasteiger partial charge in [0.25, 0.3) is 0 Å². The molecule has 1 N–H and O–H groups in total. The van der Waals surface area contributed by atoms with Crippen LogP contribution in [0.5, 0.6) is 0 Å². The van der Waals surface area contributed by atoms with Gasteiger partial charge in [0.1, 0.15) is 0 Å². The van der Waals surface area contributed by atoms with Crippen molar-refractivity contribution >= 4 is 23.5 Å². The molecule has 102 valence electrons. The van der Waals surface area contributed by atoms with Crippen molar-refractivity contribution in [2.45, 2.75) is 12.3 Å². The summed E-state index contributed by atoms with van der Waals surface area (Å²) >= 11 is 0.994. The molecule has 20 heavy (non-hydrogen) atoms. The maximum atomic E-state index is 12.8. The molecular formula is C15H13FN2OS. The van der Waals surface area contributed by atoms with Crippen LogP contribution in [0.3, 0.4) is 0 Å². The SMILES string of the molecule is O=C(N/N=C\c1ccc(F)s1)[C@H]1C[C@@H]1c1ccccc1. The minimum absolute atomic E-state index is 0.00498. The number of hydrogen-bond acceptors (Lipinski definition) is 3. The number of hydrogen-bond donors (Lipinski definition) is 1. The highest BCUT2D eigenvalue weighted by Crippen LogP contribution is 2.47. The maximum Gasteiger partial charge on any atom is 0.243 e. The number of nitrogens with one attached hydrogen (secondary N) is 1. The molecule has 1 aliphatic carbocycles. The van der Waals surface area contributed by atoms with Gasteiger partial charge in [-0.1, -0.05) is 30.3 Å². The van der Waals surface area contributed by atoms with Crippen molar-refractivity contribution in [2.75, 3.05) is 0 Å². The second-order valence-corrected chi connectivity index (χ2v) is 5.80. The number of halogens is 1. The van der Waals surface area contributed by atoms with Gasteiger partial charge < -0.3 is 0 Å². The van der Waals surface area contributed by atoms with Gasteiger partial charge in [0.05, 0.1) is 11.1 Å². The highest BCUT2D eigenvalue weighted by molar-refractivity contribution is 7.12. The number of nitrogens with zero attached hydrogens (tertiary/aromatic N) is 1. The van der Waals surface area contributed by atoms with Crippen LogP contribution in [0.2, 0.25) is 0 Å². The van der Waals surface area contributed by atoms with E-state index in [9.17, 15) is 9.18 Å². The van der Waals surface area contributed by atoms with Crippen LogP contribution in [-0.4, -0.2) is 12.1 Å². The summed E-state index contributed by atoms with van der Waals surface area (Å²) in [5, 5.41) is 3.60. The van der Waals surface area contributed by atoms with E-state index in [-0.39, 0.29) is 17.0 Å². The summed E-state index contributed by atoms with van der Waals surface area (Å²) in [5.74, 6) is 0.215. The standard InChI is InChI=1S/C15H13FN2OS/c16-14-7-6-11(20-14)9-17-18-15(19)13-8-12(13)10-4-2-1-3-5-10/h1-7,9,12-13H,8H2,(H,18,19)/b17-9-/t12-,13+/m1/s1. The van der Waals surface area contributed by atoms with Crippen LogP contribution in [-0.2, 0) is 4.79 Å². The summed E-state index contributed by atoms with van der Waals surface area (Å²) in [6, 6.07) is 13.0. The monoisotopic (exact) mass is 288 g/mol. The molecule has 0 aliphatic heterocycles. The molecule has 1 heterocycles. The second-order valence-electron chi connectivity index (χ2n) is 4.74. The Morgan fingerprint density at radius 1 is 1.30 bits per heavy atom. The summed E-state index contributed by atoms with van der Waals surface area (Å²) in [4.78, 5) is 12.6. The Labute approximate surface area is 120 Å². The van der Waals surface area contributed by atoms with Gasteiger partial charge in [-0.15, -0.1) is 11.3 Å². The third-order valence-corrected chi connectivity index (χ3v) is 4.12. The summed E-state index contributed by atoms with van der Waals surface area (Å²) in [7, 11) is 0. The molecular weight excluding hydrogens is 275 g/mol. The zero-order valence-corrected chi connectivity index (χ0v) is 11.4. The third-order valence-electron chi connectivity index (χ3n) is 3.32. The second kappa shape index (κ2) is 5.54. The minimum Gasteiger partial charge on any atom is -0.273 e. The van der Waals surface area contributed by atoms with E-state index >= 15 is 0 Å². The van der Waals surface area contributed by atoms with E-state index in [0.717, 1.165) is 17.8 Å². The molecule has 1 saturated carbocycles. The molecule has 1 aromatic carbocycles. The molecule has 2 atom stereocenters. The highest BCUT2D eigenvalue weighted by atomic mass is 32.1. The Balaban J connectivity index is 1.53. The van der Waals surface area contributed by atoms with Crippen molar-refractivity contribution in [1.29, 1.82) is 0 Å². The summed E-state index contributed by atoms with van der Waals surface area (Å²) in [6.07, 6.45) is 2.32. The molecule has 0 spiro atoms. The fourth-order valence-corrected chi connectivity index (χ4v) is 2.80. The van der Waals surface area contributed by atoms with Crippen LogP contribution < -0.4 is 5.43 Å². The first-order chi connectivity index (χ1) is 9.74. The predicted octanol–water partition coefficient (Wildman–Crippen LogP) is 3.14. The Bertz CT molecular complexity index is 638. The van der Waals surface area contributed by atoms with Gasteiger partial charge in [0.2, 0.25) is 5.91 Å². The molecule has 0 bridgehead atoms. The van der Waals surface area contributed by atoms with Gasteiger partial charge in [-0.05, 0) is 30.0 Å². The fourth-order valence-electron chi connectivity index (χ4n) is 2.19. The zero-order valence-electron chi connectivity index (χ0n) is 10.6. The summed E-state index contributed by atoms with van der Waals surface area (Å²) in [6.45, 7) is 0. The number of hydrazone groups is 1. The van der Waals surface area contributed by atoms with Crippen LogP contribution in [0.1, 0.15) is 22.8 Å². The first-order valence-corrected chi connectivity index (χ1v) is 7.19. The van der Waals surface area contributed by atoms with Crippen LogP contribution >= 0.6 is 11.3 Å². The number of amides is 1. The van der Waals surface area contributed by atoms with E-state index in [4.69, 9.17) is 0 Å². The van der Waals surface area contributed by atoms with Crippen molar-refractivity contribution in [3.05, 3.63) is 58.0 Å². The highest BCUT2D eigenvalue weighted by Gasteiger charge is 2.43. The molecule has 0 unspecified atom stereocenters. The average Bonchev–Trinajstić information content (AvgIpc) is 3.17. The van der Waals surface area contributed by atoms with Gasteiger partial charge in [-0.2, -0.15) is 9.49 Å². The molecule has 0 saturated heterocycles. The Morgan fingerprint density at radius 2 is 2.10 bits per heavy atom. The van der Waals surface area contributed by atoms with E-state index in [1.165, 1.54) is 17.8 Å². The van der Waals surface area contributed by atoms with E-state index in [1.54, 1.807) is 6.07 Å². The molecule has 3 nitrogen and oxygen atoms in total. The molecule has 1 aliphatic rings. The summed E-state index contributed by atoms with van der Waals surface area (Å²) < 4.78 is 12.8. The minimum atomic E-state index is -0.260. The van der Waals surface area contributed by atoms with Crippen LogP contribution in [0, 0.1) is 11.0 Å². The first-order valence-electron chi connectivity index (χ1n) is 6.37. The number of benzene rings is 1. The summed E-state index contributed by atoms with van der Waals surface area (Å²) in [5.41, 5.74) is 3.71. The maximum absolute atomic E-state index is 12.8. The van der Waals surface area contributed by atoms with Crippen molar-refractivity contribution in [1.82, 2.24) is 5.43 Å². The largest absolute Gasteiger partial charge is 0.273 e. The molecule has 1 amide bonds. The molecule has 3 rings (SSSR count). The topological polar surface area (TPSA) is 41.5 Å². The van der Waals surface area contributed by atoms with Crippen molar-refractivity contribution in [2.24, 2.45) is 11.0 Å². The van der Waals surface area contributed by atoms with Gasteiger partial charge in [-0.25, -0.2) is 5.43 Å². The predicted molar refractivity (Wildman–Crippen MR) is 77.3 cm³/mol. The lowest BCUT2D eigenvalue weighted by atomic mass is 10.1. The van der Waals surface area contributed by atoms with E-state index in [1.807, 2.05) is 30.3 Å². The van der Waals surface area contributed by atoms with Crippen LogP contribution in [0.25, 0.3) is 0 Å². The first kappa shape index (κ1) is 13.0. The van der Waals surface area contributed by atoms with E-state index < -0.39 is 0 Å². The van der Waals surface area contributed by atoms with Gasteiger partial charge in [0, 0.05) is 5.92 Å². The molecule has 5 heteroatoms. The Kier molecular flexibility index (Phi) is 3.60. The number of thiophene rings is 1. The fraction of sp³-hybridized carbons (Fsp3) is 0.200. The van der Waals surface area contributed by atoms with Crippen molar-refractivity contribution < 1.29 is 9.18 Å². The average molecular weight is 288 g/mol. The molecule has 0 radical (unpaired) electrons. The number of carbonyl (C=O) groups excluding carboxylic acids is 1. The smallest absolute Gasteiger partial charge is 0.243 e. The number of rotatable bonds is 4. The van der Waals surface area contributed by atoms with Gasteiger partial charge >= 0.3 is 0 Å². The lowest BCUT2D eigenvalue weighted by Crippen LogP contribution is -2.19. The lowest BCUT2D eigenvalue weighted by molar-refractivity contribution is -0.122. The van der Waals surface area contributed by atoms with Crippen molar-refractivity contribution in [3.63, 3.8) is 0 Å². The quantitative estimate of drug-likeness (QED) is 0.681. The van der Waals surface area contributed by atoms with Crippen molar-refractivity contribution in [3.8, 4) is 0 Å². The van der Waals surface area contributed by atoms with Gasteiger partial charge in [0.15, 0.2) is 5.13 Å². The van der Waals surface area contributed by atoms with Gasteiger partial charge in [-0.3, -0.25) is 4.79 Å². The Hall–Kier alpha value is -2.01. The van der Waals surface area contributed by atoms with Crippen LogP contribution in [0.4, 0.5) is 4.39 Å². The molecule has 2 aromatic rings. The zero-order chi connectivity index (χ0) is 13.9. The van der Waals surface area contributed by atoms with E-state index in [0.29, 0.717) is 10.8 Å². The lowest BCUT2D eigenvalue weighted by Gasteiger charge is -1.99. The third kappa shape index (κ3) is 2.93.